The minimum absolute atomic E-state index is 0.0817. The third-order valence-electron chi connectivity index (χ3n) is 1.84. The first-order valence-electron chi connectivity index (χ1n) is 4.21. The maximum Gasteiger partial charge on any atom is 0.310 e. The van der Waals surface area contributed by atoms with Gasteiger partial charge >= 0.3 is 5.97 Å². The van der Waals surface area contributed by atoms with Crippen LogP contribution in [0, 0.1) is 11.3 Å². The second-order valence-corrected chi connectivity index (χ2v) is 2.75. The number of esters is 1. The van der Waals surface area contributed by atoms with Gasteiger partial charge in [-0.1, -0.05) is 0 Å². The zero-order chi connectivity index (χ0) is 11.3. The van der Waals surface area contributed by atoms with Crippen LogP contribution in [0.25, 0.3) is 0 Å². The number of rotatable bonds is 3. The van der Waals surface area contributed by atoms with E-state index in [2.05, 4.69) is 9.72 Å². The molecule has 5 nitrogen and oxygen atoms in total. The van der Waals surface area contributed by atoms with Gasteiger partial charge in [0.05, 0.1) is 20.6 Å². The summed E-state index contributed by atoms with van der Waals surface area (Å²) >= 11 is 0. The van der Waals surface area contributed by atoms with Crippen LogP contribution < -0.4 is 4.74 Å². The number of ether oxygens (including phenoxy) is 2. The maximum atomic E-state index is 11.0. The number of nitrogens with zero attached hydrogens (tertiary/aromatic N) is 2. The highest BCUT2D eigenvalue weighted by atomic mass is 16.5. The van der Waals surface area contributed by atoms with E-state index < -0.39 is 0 Å². The van der Waals surface area contributed by atoms with Gasteiger partial charge < -0.3 is 9.47 Å². The lowest BCUT2D eigenvalue weighted by Crippen LogP contribution is -2.06. The number of methoxy groups -OCH3 is 2. The fraction of sp³-hybridized carbons (Fsp3) is 0.300. The minimum Gasteiger partial charge on any atom is -0.496 e. The Labute approximate surface area is 87.3 Å². The fourth-order valence-electron chi connectivity index (χ4n) is 1.08. The van der Waals surface area contributed by atoms with Gasteiger partial charge in [-0.2, -0.15) is 5.26 Å². The summed E-state index contributed by atoms with van der Waals surface area (Å²) in [6.07, 6.45) is 1.52. The van der Waals surface area contributed by atoms with Gasteiger partial charge in [0.25, 0.3) is 0 Å². The topological polar surface area (TPSA) is 72.2 Å². The van der Waals surface area contributed by atoms with Crippen LogP contribution in [0.1, 0.15) is 11.3 Å². The Morgan fingerprint density at radius 3 is 2.87 bits per heavy atom. The van der Waals surface area contributed by atoms with Crippen molar-refractivity contribution in [2.45, 2.75) is 6.42 Å². The zero-order valence-electron chi connectivity index (χ0n) is 8.48. The molecule has 0 unspecified atom stereocenters. The molecule has 5 heteroatoms. The van der Waals surface area contributed by atoms with Crippen LogP contribution in [-0.4, -0.2) is 25.2 Å². The van der Waals surface area contributed by atoms with E-state index in [0.29, 0.717) is 11.3 Å². The minimum atomic E-state index is -0.375. The highest BCUT2D eigenvalue weighted by Gasteiger charge is 2.10. The first-order valence-corrected chi connectivity index (χ1v) is 4.21. The summed E-state index contributed by atoms with van der Waals surface area (Å²) in [5, 5.41) is 8.62. The lowest BCUT2D eigenvalue weighted by molar-refractivity contribution is -0.139. The number of pyridine rings is 1. The van der Waals surface area contributed by atoms with E-state index in [1.54, 1.807) is 0 Å². The van der Waals surface area contributed by atoms with E-state index >= 15 is 0 Å². The Kier molecular flexibility index (Phi) is 3.63. The summed E-state index contributed by atoms with van der Waals surface area (Å²) < 4.78 is 9.56. The van der Waals surface area contributed by atoms with Crippen molar-refractivity contribution in [3.05, 3.63) is 23.5 Å². The van der Waals surface area contributed by atoms with Crippen LogP contribution in [0.3, 0.4) is 0 Å². The number of carbonyl (C=O) groups is 1. The van der Waals surface area contributed by atoms with Crippen molar-refractivity contribution in [3.63, 3.8) is 0 Å². The average molecular weight is 206 g/mol. The van der Waals surface area contributed by atoms with Crippen LogP contribution in [0.4, 0.5) is 0 Å². The Morgan fingerprint density at radius 2 is 2.33 bits per heavy atom. The summed E-state index contributed by atoms with van der Waals surface area (Å²) in [5.41, 5.74) is 0.851. The Bertz CT molecular complexity index is 410. The number of hydrogen-bond acceptors (Lipinski definition) is 5. The van der Waals surface area contributed by atoms with Crippen molar-refractivity contribution in [1.82, 2.24) is 4.98 Å². The molecule has 0 aromatic carbocycles. The molecule has 0 atom stereocenters. The van der Waals surface area contributed by atoms with Crippen LogP contribution in [0.5, 0.6) is 5.75 Å². The predicted octanol–water partition coefficient (Wildman–Crippen LogP) is 0.677. The van der Waals surface area contributed by atoms with E-state index in [9.17, 15) is 4.79 Å². The summed E-state index contributed by atoms with van der Waals surface area (Å²) in [6.45, 7) is 0. The van der Waals surface area contributed by atoms with Gasteiger partial charge in [-0.25, -0.2) is 4.98 Å². The van der Waals surface area contributed by atoms with Gasteiger partial charge in [-0.05, 0) is 0 Å². The molecule has 0 bridgehead atoms. The lowest BCUT2D eigenvalue weighted by Gasteiger charge is -2.06. The Balaban J connectivity index is 2.98. The third-order valence-corrected chi connectivity index (χ3v) is 1.84. The average Bonchev–Trinajstić information content (AvgIpc) is 2.29. The third kappa shape index (κ3) is 2.68. The van der Waals surface area contributed by atoms with E-state index in [0.717, 1.165) is 0 Å². The summed E-state index contributed by atoms with van der Waals surface area (Å²) in [6, 6.07) is 3.37. The monoisotopic (exact) mass is 206 g/mol. The first-order chi connectivity index (χ1) is 7.21. The molecule has 0 amide bonds. The molecule has 1 aromatic rings. The first kappa shape index (κ1) is 11.0. The van der Waals surface area contributed by atoms with Crippen LogP contribution in [0.2, 0.25) is 0 Å². The highest BCUT2D eigenvalue weighted by Crippen LogP contribution is 2.18. The van der Waals surface area contributed by atoms with Gasteiger partial charge in [-0.15, -0.1) is 0 Å². The molecule has 0 radical (unpaired) electrons. The van der Waals surface area contributed by atoms with Crippen LogP contribution in [0.15, 0.2) is 12.3 Å². The van der Waals surface area contributed by atoms with Crippen molar-refractivity contribution in [1.29, 1.82) is 5.26 Å². The molecule has 0 aliphatic carbocycles. The zero-order valence-corrected chi connectivity index (χ0v) is 8.48. The molecule has 78 valence electrons. The quantitative estimate of drug-likeness (QED) is 0.680. The summed E-state index contributed by atoms with van der Waals surface area (Å²) in [5.74, 6) is 0.0896. The molecule has 0 saturated heterocycles. The molecule has 1 rings (SSSR count). The van der Waals surface area contributed by atoms with Gasteiger partial charge in [0.1, 0.15) is 17.5 Å². The molecule has 0 aliphatic rings. The van der Waals surface area contributed by atoms with E-state index in [1.807, 2.05) is 6.07 Å². The smallest absolute Gasteiger partial charge is 0.310 e. The van der Waals surface area contributed by atoms with Crippen molar-refractivity contribution < 1.29 is 14.3 Å². The molecule has 1 aromatic heterocycles. The van der Waals surface area contributed by atoms with Gasteiger partial charge in [0.15, 0.2) is 0 Å². The maximum absolute atomic E-state index is 11.0. The lowest BCUT2D eigenvalue weighted by atomic mass is 10.2. The van der Waals surface area contributed by atoms with Crippen LogP contribution >= 0.6 is 0 Å². The number of aromatic nitrogens is 1. The Hall–Kier alpha value is -2.09. The number of carbonyl (C=O) groups excluding carboxylic acids is 1. The van der Waals surface area contributed by atoms with Crippen molar-refractivity contribution in [2.75, 3.05) is 14.2 Å². The van der Waals surface area contributed by atoms with Crippen molar-refractivity contribution >= 4 is 5.97 Å². The largest absolute Gasteiger partial charge is 0.496 e. The molecular weight excluding hydrogens is 196 g/mol. The SMILES string of the molecule is COC(=O)Cc1cnc(C#N)cc1OC. The van der Waals surface area contributed by atoms with E-state index in [-0.39, 0.29) is 18.1 Å². The summed E-state index contributed by atoms with van der Waals surface area (Å²) in [4.78, 5) is 14.9. The van der Waals surface area contributed by atoms with Crippen molar-refractivity contribution in [3.8, 4) is 11.8 Å². The summed E-state index contributed by atoms with van der Waals surface area (Å²) in [7, 11) is 2.78. The molecule has 0 aliphatic heterocycles. The second-order valence-electron chi connectivity index (χ2n) is 2.75. The molecule has 15 heavy (non-hydrogen) atoms. The number of nitriles is 1. The second kappa shape index (κ2) is 4.96. The predicted molar refractivity (Wildman–Crippen MR) is 51.2 cm³/mol. The van der Waals surface area contributed by atoms with Gasteiger partial charge in [0, 0.05) is 17.8 Å². The molecule has 0 spiro atoms. The molecule has 1 heterocycles. The standard InChI is InChI=1S/C10H10N2O3/c1-14-9-4-8(5-11)12-6-7(9)3-10(13)15-2/h4,6H,3H2,1-2H3. The molecule has 0 N–H and O–H groups in total. The van der Waals surface area contributed by atoms with Gasteiger partial charge in [-0.3, -0.25) is 4.79 Å². The number of hydrogen-bond donors (Lipinski definition) is 0. The highest BCUT2D eigenvalue weighted by molar-refractivity contribution is 5.73. The molecule has 0 fully saturated rings. The van der Waals surface area contributed by atoms with Crippen molar-refractivity contribution in [2.24, 2.45) is 0 Å². The molecular formula is C10H10N2O3. The van der Waals surface area contributed by atoms with E-state index in [1.165, 1.54) is 26.5 Å². The fourth-order valence-corrected chi connectivity index (χ4v) is 1.08. The van der Waals surface area contributed by atoms with E-state index in [4.69, 9.17) is 10.00 Å². The molecule has 0 saturated carbocycles. The van der Waals surface area contributed by atoms with Gasteiger partial charge in [0.2, 0.25) is 0 Å². The Morgan fingerprint density at radius 1 is 1.60 bits per heavy atom. The normalized spacial score (nSPS) is 9.13. The van der Waals surface area contributed by atoms with Crippen LogP contribution in [-0.2, 0) is 16.0 Å².